The van der Waals surface area contributed by atoms with Crippen LogP contribution in [-0.4, -0.2) is 38.9 Å². The third kappa shape index (κ3) is 3.18. The predicted octanol–water partition coefficient (Wildman–Crippen LogP) is 2.13. The molecule has 1 unspecified atom stereocenters. The topological polar surface area (TPSA) is 49.4 Å². The number of nitrogens with one attached hydrogen (secondary N) is 1. The lowest BCUT2D eigenvalue weighted by molar-refractivity contribution is 0.292. The van der Waals surface area contributed by atoms with E-state index in [4.69, 9.17) is 0 Å². The molecule has 106 valence electrons. The first-order valence-electron chi connectivity index (χ1n) is 6.38. The molecule has 0 spiro atoms. The Morgan fingerprint density at radius 3 is 2.79 bits per heavy atom. The number of piperidine rings is 1. The summed E-state index contributed by atoms with van der Waals surface area (Å²) >= 11 is 3.36. The molecule has 0 radical (unpaired) electrons. The van der Waals surface area contributed by atoms with E-state index in [1.165, 1.54) is 0 Å². The minimum atomic E-state index is -3.41. The molecule has 0 aliphatic carbocycles. The van der Waals surface area contributed by atoms with Crippen LogP contribution < -0.4 is 5.32 Å². The van der Waals surface area contributed by atoms with Gasteiger partial charge in [0, 0.05) is 23.6 Å². The summed E-state index contributed by atoms with van der Waals surface area (Å²) in [7, 11) is -1.53. The van der Waals surface area contributed by atoms with Gasteiger partial charge in [0.15, 0.2) is 0 Å². The fourth-order valence-corrected chi connectivity index (χ4v) is 5.03. The smallest absolute Gasteiger partial charge is 0.244 e. The minimum absolute atomic E-state index is 0.243. The SMILES string of the molecule is CNC1CCCN(S(=O)(=O)c2ccc(C)cc2Br)C1. The highest BCUT2D eigenvalue weighted by molar-refractivity contribution is 9.10. The number of halogens is 1. The van der Waals surface area contributed by atoms with Crippen LogP contribution in [0.15, 0.2) is 27.6 Å². The number of hydrogen-bond acceptors (Lipinski definition) is 3. The average molecular weight is 347 g/mol. The molecule has 1 heterocycles. The van der Waals surface area contributed by atoms with Crippen molar-refractivity contribution in [3.63, 3.8) is 0 Å². The lowest BCUT2D eigenvalue weighted by Gasteiger charge is -2.31. The third-order valence-corrected chi connectivity index (χ3v) is 6.34. The number of hydrogen-bond donors (Lipinski definition) is 1. The van der Waals surface area contributed by atoms with Gasteiger partial charge in [0.1, 0.15) is 0 Å². The highest BCUT2D eigenvalue weighted by Crippen LogP contribution is 2.27. The molecule has 0 aromatic heterocycles. The van der Waals surface area contributed by atoms with E-state index in [0.717, 1.165) is 18.4 Å². The number of sulfonamides is 1. The molecule has 1 aliphatic heterocycles. The van der Waals surface area contributed by atoms with Crippen LogP contribution in [0, 0.1) is 6.92 Å². The molecule has 0 bridgehead atoms. The summed E-state index contributed by atoms with van der Waals surface area (Å²) in [6, 6.07) is 5.59. The van der Waals surface area contributed by atoms with Crippen LogP contribution in [0.3, 0.4) is 0 Å². The number of likely N-dealkylation sites (N-methyl/N-ethyl adjacent to an activating group) is 1. The average Bonchev–Trinajstić information content (AvgIpc) is 2.38. The lowest BCUT2D eigenvalue weighted by Crippen LogP contribution is -2.46. The molecule has 4 nitrogen and oxygen atoms in total. The van der Waals surface area contributed by atoms with Gasteiger partial charge in [0.05, 0.1) is 4.90 Å². The first kappa shape index (κ1) is 15.0. The fourth-order valence-electron chi connectivity index (χ4n) is 2.35. The van der Waals surface area contributed by atoms with Crippen molar-refractivity contribution in [1.29, 1.82) is 0 Å². The maximum absolute atomic E-state index is 12.6. The molecule has 2 rings (SSSR count). The van der Waals surface area contributed by atoms with Crippen LogP contribution >= 0.6 is 15.9 Å². The maximum atomic E-state index is 12.6. The first-order valence-corrected chi connectivity index (χ1v) is 8.62. The summed E-state index contributed by atoms with van der Waals surface area (Å²) in [5.41, 5.74) is 1.04. The Labute approximate surface area is 123 Å². The van der Waals surface area contributed by atoms with Gasteiger partial charge in [-0.15, -0.1) is 0 Å². The van der Waals surface area contributed by atoms with Crippen LogP contribution in [0.4, 0.5) is 0 Å². The third-order valence-electron chi connectivity index (χ3n) is 3.50. The minimum Gasteiger partial charge on any atom is -0.316 e. The normalized spacial score (nSPS) is 21.5. The Hall–Kier alpha value is -0.430. The fraction of sp³-hybridized carbons (Fsp3) is 0.538. The van der Waals surface area contributed by atoms with E-state index < -0.39 is 10.0 Å². The van der Waals surface area contributed by atoms with Gasteiger partial charge in [-0.3, -0.25) is 0 Å². The highest BCUT2D eigenvalue weighted by atomic mass is 79.9. The number of rotatable bonds is 3. The maximum Gasteiger partial charge on any atom is 0.244 e. The van der Waals surface area contributed by atoms with E-state index in [1.807, 2.05) is 26.1 Å². The summed E-state index contributed by atoms with van der Waals surface area (Å²) in [6.45, 7) is 3.08. The summed E-state index contributed by atoms with van der Waals surface area (Å²) in [6.07, 6.45) is 1.92. The molecule has 1 aliphatic rings. The number of nitrogens with zero attached hydrogens (tertiary/aromatic N) is 1. The summed E-state index contributed by atoms with van der Waals surface area (Å²) < 4.78 is 27.5. The van der Waals surface area contributed by atoms with E-state index in [9.17, 15) is 8.42 Å². The van der Waals surface area contributed by atoms with Crippen LogP contribution in [0.1, 0.15) is 18.4 Å². The van der Waals surface area contributed by atoms with Gasteiger partial charge < -0.3 is 5.32 Å². The molecule has 6 heteroatoms. The van der Waals surface area contributed by atoms with Crippen molar-refractivity contribution in [3.05, 3.63) is 28.2 Å². The number of benzene rings is 1. The molecular formula is C13H19BrN2O2S. The molecule has 1 aromatic rings. The Morgan fingerprint density at radius 2 is 2.16 bits per heavy atom. The standard InChI is InChI=1S/C13H19BrN2O2S/c1-10-5-6-13(12(14)8-10)19(17,18)16-7-3-4-11(9-16)15-2/h5-6,8,11,15H,3-4,7,9H2,1-2H3. The van der Waals surface area contributed by atoms with E-state index in [-0.39, 0.29) is 6.04 Å². The molecule has 1 N–H and O–H groups in total. The van der Waals surface area contributed by atoms with Gasteiger partial charge in [-0.25, -0.2) is 8.42 Å². The van der Waals surface area contributed by atoms with Crippen molar-refractivity contribution in [1.82, 2.24) is 9.62 Å². The molecule has 19 heavy (non-hydrogen) atoms. The summed E-state index contributed by atoms with van der Waals surface area (Å²) in [4.78, 5) is 0.356. The summed E-state index contributed by atoms with van der Waals surface area (Å²) in [5.74, 6) is 0. The monoisotopic (exact) mass is 346 g/mol. The Balaban J connectivity index is 2.31. The molecule has 0 amide bonds. The van der Waals surface area contributed by atoms with Crippen molar-refractivity contribution in [2.45, 2.75) is 30.7 Å². The van der Waals surface area contributed by atoms with Crippen LogP contribution in [0.5, 0.6) is 0 Å². The van der Waals surface area contributed by atoms with Gasteiger partial charge in [0.2, 0.25) is 10.0 Å². The summed E-state index contributed by atoms with van der Waals surface area (Å²) in [5, 5.41) is 3.16. The van der Waals surface area contributed by atoms with Gasteiger partial charge in [-0.2, -0.15) is 4.31 Å². The van der Waals surface area contributed by atoms with Gasteiger partial charge in [-0.1, -0.05) is 6.07 Å². The Morgan fingerprint density at radius 1 is 1.42 bits per heavy atom. The Bertz CT molecular complexity index is 560. The molecule has 0 saturated carbocycles. The molecule has 1 aromatic carbocycles. The molecule has 1 atom stereocenters. The van der Waals surface area contributed by atoms with Crippen molar-refractivity contribution in [2.75, 3.05) is 20.1 Å². The van der Waals surface area contributed by atoms with Crippen molar-refractivity contribution < 1.29 is 8.42 Å². The van der Waals surface area contributed by atoms with Gasteiger partial charge in [-0.05, 0) is 60.4 Å². The zero-order chi connectivity index (χ0) is 14.0. The zero-order valence-corrected chi connectivity index (χ0v) is 13.6. The van der Waals surface area contributed by atoms with E-state index in [1.54, 1.807) is 10.4 Å². The van der Waals surface area contributed by atoms with Crippen LogP contribution in [-0.2, 0) is 10.0 Å². The van der Waals surface area contributed by atoms with Gasteiger partial charge >= 0.3 is 0 Å². The predicted molar refractivity (Wildman–Crippen MR) is 79.7 cm³/mol. The van der Waals surface area contributed by atoms with E-state index >= 15 is 0 Å². The zero-order valence-electron chi connectivity index (χ0n) is 11.2. The van der Waals surface area contributed by atoms with Crippen molar-refractivity contribution >= 4 is 26.0 Å². The lowest BCUT2D eigenvalue weighted by atomic mass is 10.1. The van der Waals surface area contributed by atoms with E-state index in [2.05, 4.69) is 21.2 Å². The Kier molecular flexibility index (Phi) is 4.66. The quantitative estimate of drug-likeness (QED) is 0.911. The number of aryl methyl sites for hydroxylation is 1. The second kappa shape index (κ2) is 5.91. The van der Waals surface area contributed by atoms with Crippen molar-refractivity contribution in [3.8, 4) is 0 Å². The molecule has 1 fully saturated rings. The molecular weight excluding hydrogens is 328 g/mol. The first-order chi connectivity index (χ1) is 8.95. The highest BCUT2D eigenvalue weighted by Gasteiger charge is 2.30. The van der Waals surface area contributed by atoms with Crippen LogP contribution in [0.2, 0.25) is 0 Å². The molecule has 1 saturated heterocycles. The largest absolute Gasteiger partial charge is 0.316 e. The van der Waals surface area contributed by atoms with Crippen molar-refractivity contribution in [2.24, 2.45) is 0 Å². The second-order valence-electron chi connectivity index (χ2n) is 4.92. The van der Waals surface area contributed by atoms with Gasteiger partial charge in [0.25, 0.3) is 0 Å². The second-order valence-corrected chi connectivity index (χ2v) is 7.69. The van der Waals surface area contributed by atoms with Crippen LogP contribution in [0.25, 0.3) is 0 Å². The van der Waals surface area contributed by atoms with E-state index in [0.29, 0.717) is 22.5 Å².